The van der Waals surface area contributed by atoms with Gasteiger partial charge in [0.1, 0.15) is 11.3 Å². The third-order valence-electron chi connectivity index (χ3n) is 7.37. The minimum Gasteiger partial charge on any atom is -0.387 e. The van der Waals surface area contributed by atoms with E-state index < -0.39 is 6.10 Å². The van der Waals surface area contributed by atoms with Gasteiger partial charge in [-0.25, -0.2) is 9.37 Å². The van der Waals surface area contributed by atoms with Gasteiger partial charge in [-0.2, -0.15) is 0 Å². The Labute approximate surface area is 180 Å². The lowest BCUT2D eigenvalue weighted by Gasteiger charge is -2.33. The largest absolute Gasteiger partial charge is 0.387 e. The van der Waals surface area contributed by atoms with Gasteiger partial charge >= 0.3 is 0 Å². The van der Waals surface area contributed by atoms with E-state index in [0.29, 0.717) is 17.4 Å². The number of hydrogen-bond donors (Lipinski definition) is 1. The standard InChI is InChI=1S/C26H26FN3O/c27-23-3-1-2-22-20(12-13-29-24(22)23)16-6-8-18(9-7-16)26(31)25-21(17-4-5-17)11-10-19-14-28-15-30(19)25/h1-3,10-18,26,31H,4-9H2/t16-,18-,26-/m0/s1. The van der Waals surface area contributed by atoms with Crippen molar-refractivity contribution in [2.24, 2.45) is 5.92 Å². The second kappa shape index (κ2) is 7.41. The Morgan fingerprint density at radius 3 is 2.52 bits per heavy atom. The molecule has 2 fully saturated rings. The lowest BCUT2D eigenvalue weighted by atomic mass is 9.75. The van der Waals surface area contributed by atoms with Gasteiger partial charge < -0.3 is 9.51 Å². The molecule has 1 N–H and O–H groups in total. The number of benzene rings is 1. The summed E-state index contributed by atoms with van der Waals surface area (Å²) in [6, 6.07) is 11.6. The average Bonchev–Trinajstić information content (AvgIpc) is 3.54. The molecule has 3 heterocycles. The minimum absolute atomic E-state index is 0.228. The molecule has 2 saturated carbocycles. The molecule has 6 rings (SSSR count). The summed E-state index contributed by atoms with van der Waals surface area (Å²) in [6.07, 6.45) is 11.3. The molecule has 0 unspecified atom stereocenters. The number of nitrogens with zero attached hydrogens (tertiary/aromatic N) is 3. The van der Waals surface area contributed by atoms with Crippen LogP contribution in [0.5, 0.6) is 0 Å². The number of halogens is 1. The third-order valence-corrected chi connectivity index (χ3v) is 7.37. The van der Waals surface area contributed by atoms with Crippen molar-refractivity contribution in [1.29, 1.82) is 0 Å². The van der Waals surface area contributed by atoms with Gasteiger partial charge in [-0.3, -0.25) is 4.98 Å². The van der Waals surface area contributed by atoms with E-state index in [-0.39, 0.29) is 11.7 Å². The maximum absolute atomic E-state index is 14.2. The Morgan fingerprint density at radius 1 is 0.935 bits per heavy atom. The molecular weight excluding hydrogens is 389 g/mol. The predicted octanol–water partition coefficient (Wildman–Crippen LogP) is 5.91. The molecule has 0 spiro atoms. The first-order chi connectivity index (χ1) is 15.2. The number of aliphatic hydroxyl groups is 1. The van der Waals surface area contributed by atoms with Crippen LogP contribution in [-0.2, 0) is 0 Å². The highest BCUT2D eigenvalue weighted by atomic mass is 19.1. The second-order valence-electron chi connectivity index (χ2n) is 9.23. The summed E-state index contributed by atoms with van der Waals surface area (Å²) in [5, 5.41) is 12.4. The number of para-hydroxylation sites is 1. The first-order valence-electron chi connectivity index (χ1n) is 11.4. The molecular formula is C26H26FN3O. The van der Waals surface area contributed by atoms with Crippen molar-refractivity contribution in [2.45, 2.75) is 56.5 Å². The Hall–Kier alpha value is -2.79. The molecule has 1 aromatic carbocycles. The topological polar surface area (TPSA) is 50.4 Å². The van der Waals surface area contributed by atoms with E-state index in [1.807, 2.05) is 24.7 Å². The van der Waals surface area contributed by atoms with E-state index in [4.69, 9.17) is 0 Å². The minimum atomic E-state index is -0.485. The number of pyridine rings is 2. The zero-order valence-corrected chi connectivity index (χ0v) is 17.4. The average molecular weight is 416 g/mol. The zero-order chi connectivity index (χ0) is 20.9. The van der Waals surface area contributed by atoms with Crippen LogP contribution < -0.4 is 0 Å². The van der Waals surface area contributed by atoms with Crippen LogP contribution in [0.2, 0.25) is 0 Å². The van der Waals surface area contributed by atoms with Crippen LogP contribution in [0.25, 0.3) is 16.4 Å². The number of fused-ring (bicyclic) bond motifs is 2. The highest BCUT2D eigenvalue weighted by molar-refractivity contribution is 5.83. The van der Waals surface area contributed by atoms with Gasteiger partial charge in [0.05, 0.1) is 29.8 Å². The molecule has 4 aromatic rings. The summed E-state index contributed by atoms with van der Waals surface area (Å²) < 4.78 is 16.3. The van der Waals surface area contributed by atoms with Crippen molar-refractivity contribution in [3.63, 3.8) is 0 Å². The first-order valence-corrected chi connectivity index (χ1v) is 11.4. The molecule has 0 saturated heterocycles. The SMILES string of the molecule is O[C@H](c1c(C2CC2)ccc2cncn12)[C@H]1CC[C@H](c2ccnc3c(F)cccc32)CC1. The van der Waals surface area contributed by atoms with Crippen LogP contribution in [0, 0.1) is 11.7 Å². The molecule has 3 aromatic heterocycles. The highest BCUT2D eigenvalue weighted by Crippen LogP contribution is 2.47. The summed E-state index contributed by atoms with van der Waals surface area (Å²) in [7, 11) is 0. The fourth-order valence-electron chi connectivity index (χ4n) is 5.57. The smallest absolute Gasteiger partial charge is 0.149 e. The molecule has 0 aliphatic heterocycles. The van der Waals surface area contributed by atoms with Gasteiger partial charge in [0.15, 0.2) is 0 Å². The number of hydrogen-bond acceptors (Lipinski definition) is 3. The van der Waals surface area contributed by atoms with E-state index in [0.717, 1.165) is 42.3 Å². The monoisotopic (exact) mass is 415 g/mol. The van der Waals surface area contributed by atoms with Gasteiger partial charge in [0.2, 0.25) is 0 Å². The summed E-state index contributed by atoms with van der Waals surface area (Å²) in [6.45, 7) is 0. The number of imidazole rings is 1. The quantitative estimate of drug-likeness (QED) is 0.451. The van der Waals surface area contributed by atoms with Crippen LogP contribution in [0.15, 0.2) is 55.1 Å². The number of aliphatic hydroxyl groups excluding tert-OH is 1. The number of aromatic nitrogens is 3. The first kappa shape index (κ1) is 18.9. The molecule has 2 aliphatic rings. The van der Waals surface area contributed by atoms with E-state index >= 15 is 0 Å². The molecule has 4 nitrogen and oxygen atoms in total. The van der Waals surface area contributed by atoms with Gasteiger partial charge in [-0.05, 0) is 85.6 Å². The van der Waals surface area contributed by atoms with Crippen molar-refractivity contribution >= 4 is 16.4 Å². The Kier molecular flexibility index (Phi) is 4.53. The molecule has 0 amide bonds. The van der Waals surface area contributed by atoms with Crippen molar-refractivity contribution in [1.82, 2.24) is 14.4 Å². The fraction of sp³-hybridized carbons (Fsp3) is 0.385. The predicted molar refractivity (Wildman–Crippen MR) is 119 cm³/mol. The van der Waals surface area contributed by atoms with E-state index in [2.05, 4.69) is 26.5 Å². The summed E-state index contributed by atoms with van der Waals surface area (Å²) in [4.78, 5) is 8.56. The fourth-order valence-corrected chi connectivity index (χ4v) is 5.57. The molecule has 0 radical (unpaired) electrons. The normalized spacial score (nSPS) is 22.8. The molecule has 31 heavy (non-hydrogen) atoms. The highest BCUT2D eigenvalue weighted by Gasteiger charge is 2.34. The molecule has 5 heteroatoms. The number of rotatable bonds is 4. The molecule has 158 valence electrons. The van der Waals surface area contributed by atoms with Gasteiger partial charge in [-0.15, -0.1) is 0 Å². The lowest BCUT2D eigenvalue weighted by molar-refractivity contribution is 0.0755. The van der Waals surface area contributed by atoms with Crippen molar-refractivity contribution in [3.8, 4) is 0 Å². The Morgan fingerprint density at radius 2 is 1.71 bits per heavy atom. The van der Waals surface area contributed by atoms with Gasteiger partial charge in [-0.1, -0.05) is 18.2 Å². The summed E-state index contributed by atoms with van der Waals surface area (Å²) >= 11 is 0. The lowest BCUT2D eigenvalue weighted by Crippen LogP contribution is -2.22. The second-order valence-corrected chi connectivity index (χ2v) is 9.23. The van der Waals surface area contributed by atoms with E-state index in [9.17, 15) is 9.50 Å². The van der Waals surface area contributed by atoms with E-state index in [1.165, 1.54) is 30.0 Å². The van der Waals surface area contributed by atoms with Gasteiger partial charge in [0.25, 0.3) is 0 Å². The Balaban J connectivity index is 1.27. The summed E-state index contributed by atoms with van der Waals surface area (Å²) in [5.74, 6) is 0.921. The molecule has 1 atom stereocenters. The van der Waals surface area contributed by atoms with Crippen LogP contribution in [0.3, 0.4) is 0 Å². The van der Waals surface area contributed by atoms with Crippen LogP contribution in [-0.4, -0.2) is 19.5 Å². The maximum atomic E-state index is 14.2. The van der Waals surface area contributed by atoms with Crippen LogP contribution in [0.4, 0.5) is 4.39 Å². The van der Waals surface area contributed by atoms with E-state index in [1.54, 1.807) is 12.3 Å². The Bertz CT molecular complexity index is 1250. The molecule has 0 bridgehead atoms. The van der Waals surface area contributed by atoms with Gasteiger partial charge in [0, 0.05) is 11.6 Å². The van der Waals surface area contributed by atoms with Crippen molar-refractivity contribution < 1.29 is 9.50 Å². The third kappa shape index (κ3) is 3.23. The van der Waals surface area contributed by atoms with Crippen LogP contribution >= 0.6 is 0 Å². The van der Waals surface area contributed by atoms with Crippen LogP contribution in [0.1, 0.15) is 73.3 Å². The zero-order valence-electron chi connectivity index (χ0n) is 17.4. The van der Waals surface area contributed by atoms with Crippen molar-refractivity contribution in [2.75, 3.05) is 0 Å². The van der Waals surface area contributed by atoms with Crippen molar-refractivity contribution in [3.05, 3.63) is 77.8 Å². The summed E-state index contributed by atoms with van der Waals surface area (Å²) in [5.41, 5.74) is 5.02. The molecule has 2 aliphatic carbocycles. The maximum Gasteiger partial charge on any atom is 0.149 e.